The molecule has 0 radical (unpaired) electrons. The first-order chi connectivity index (χ1) is 14.9. The molecule has 0 saturated heterocycles. The number of ether oxygens (including phenoxy) is 1. The molecule has 3 heterocycles. The second-order valence-corrected chi connectivity index (χ2v) is 8.27. The number of ketones is 1. The van der Waals surface area contributed by atoms with E-state index in [0.717, 1.165) is 11.1 Å². The molecule has 0 amide bonds. The van der Waals surface area contributed by atoms with Gasteiger partial charge in [-0.3, -0.25) is 9.78 Å². The van der Waals surface area contributed by atoms with Crippen LogP contribution >= 0.6 is 23.2 Å². The van der Waals surface area contributed by atoms with E-state index in [-0.39, 0.29) is 12.2 Å². The monoisotopic (exact) mass is 454 g/mol. The molecule has 4 rings (SSSR count). The molecule has 0 bridgehead atoms. The Balaban J connectivity index is 1.84. The Morgan fingerprint density at radius 3 is 2.52 bits per heavy atom. The predicted molar refractivity (Wildman–Crippen MR) is 122 cm³/mol. The van der Waals surface area contributed by atoms with Gasteiger partial charge in [-0.15, -0.1) is 0 Å². The average molecular weight is 455 g/mol. The number of hydrogen-bond acceptors (Lipinski definition) is 5. The van der Waals surface area contributed by atoms with Crippen molar-refractivity contribution in [1.82, 2.24) is 9.97 Å². The molecule has 0 fully saturated rings. The van der Waals surface area contributed by atoms with E-state index in [1.807, 2.05) is 24.3 Å². The highest BCUT2D eigenvalue weighted by atomic mass is 35.5. The molecule has 0 atom stereocenters. The third kappa shape index (κ3) is 4.03. The van der Waals surface area contributed by atoms with Crippen LogP contribution in [-0.2, 0) is 6.42 Å². The minimum Gasteiger partial charge on any atom is -0.478 e. The van der Waals surface area contributed by atoms with E-state index in [4.69, 9.17) is 32.4 Å². The smallest absolute Gasteiger partial charge is 0.258 e. The summed E-state index contributed by atoms with van der Waals surface area (Å²) in [6, 6.07) is 9.90. The number of benzene rings is 1. The molecule has 4 aromatic rings. The van der Waals surface area contributed by atoms with Crippen molar-refractivity contribution in [2.75, 3.05) is 7.11 Å². The van der Waals surface area contributed by atoms with E-state index in [2.05, 4.69) is 29.9 Å². The maximum atomic E-state index is 13.2. The lowest BCUT2D eigenvalue weighted by Gasteiger charge is -2.10. The minimum absolute atomic E-state index is 0.0202. The number of hydrogen-bond donors (Lipinski definition) is 0. The Kier molecular flexibility index (Phi) is 5.99. The van der Waals surface area contributed by atoms with Gasteiger partial charge >= 0.3 is 0 Å². The van der Waals surface area contributed by atoms with Crippen LogP contribution in [0.25, 0.3) is 22.3 Å². The fourth-order valence-corrected chi connectivity index (χ4v) is 4.09. The van der Waals surface area contributed by atoms with Crippen molar-refractivity contribution in [3.63, 3.8) is 0 Å². The summed E-state index contributed by atoms with van der Waals surface area (Å²) in [6.07, 6.45) is 4.46. The van der Waals surface area contributed by atoms with Gasteiger partial charge < -0.3 is 9.15 Å². The maximum absolute atomic E-state index is 13.2. The fourth-order valence-electron chi connectivity index (χ4n) is 3.59. The van der Waals surface area contributed by atoms with Crippen LogP contribution in [0, 0.1) is 0 Å². The number of rotatable bonds is 6. The standard InChI is InChI=1S/C24H20Cl2N2O3/c1-13(2)14-6-4-5-7-15(14)22-9-16-18(10-28-24(30-3)23(16)31-22)21(29)8-17-19(25)11-27-12-20(17)26/h4-7,9-13H,8H2,1-3H3. The summed E-state index contributed by atoms with van der Waals surface area (Å²) in [5.41, 5.74) is 3.48. The van der Waals surface area contributed by atoms with Crippen molar-refractivity contribution < 1.29 is 13.9 Å². The SMILES string of the molecule is COc1ncc(C(=O)Cc2c(Cl)cncc2Cl)c2cc(-c3ccccc3C(C)C)oc12. The summed E-state index contributed by atoms with van der Waals surface area (Å²) in [5.74, 6) is 1.10. The lowest BCUT2D eigenvalue weighted by Crippen LogP contribution is -2.06. The number of halogens is 2. The normalized spacial score (nSPS) is 11.3. The molecule has 0 aliphatic carbocycles. The van der Waals surface area contributed by atoms with E-state index in [0.29, 0.717) is 49.7 Å². The summed E-state index contributed by atoms with van der Waals surface area (Å²) >= 11 is 12.4. The summed E-state index contributed by atoms with van der Waals surface area (Å²) in [6.45, 7) is 4.25. The number of carbonyl (C=O) groups excluding carboxylic acids is 1. The highest BCUT2D eigenvalue weighted by Crippen LogP contribution is 2.37. The van der Waals surface area contributed by atoms with Crippen molar-refractivity contribution >= 4 is 40.0 Å². The topological polar surface area (TPSA) is 65.2 Å². The third-order valence-corrected chi connectivity index (χ3v) is 5.81. The van der Waals surface area contributed by atoms with Crippen LogP contribution in [0.5, 0.6) is 5.88 Å². The molecule has 0 spiro atoms. The molecule has 3 aromatic heterocycles. The lowest BCUT2D eigenvalue weighted by atomic mass is 9.95. The second kappa shape index (κ2) is 8.69. The summed E-state index contributed by atoms with van der Waals surface area (Å²) in [4.78, 5) is 21.4. The number of fused-ring (bicyclic) bond motifs is 1. The average Bonchev–Trinajstić information content (AvgIpc) is 3.21. The Morgan fingerprint density at radius 2 is 1.84 bits per heavy atom. The molecule has 7 heteroatoms. The molecular weight excluding hydrogens is 435 g/mol. The molecule has 0 N–H and O–H groups in total. The van der Waals surface area contributed by atoms with Gasteiger partial charge in [-0.1, -0.05) is 61.3 Å². The lowest BCUT2D eigenvalue weighted by molar-refractivity contribution is 0.0994. The summed E-state index contributed by atoms with van der Waals surface area (Å²) in [7, 11) is 1.52. The Morgan fingerprint density at radius 1 is 1.13 bits per heavy atom. The van der Waals surface area contributed by atoms with E-state index < -0.39 is 0 Å². The van der Waals surface area contributed by atoms with Crippen molar-refractivity contribution in [2.24, 2.45) is 0 Å². The third-order valence-electron chi connectivity index (χ3n) is 5.16. The zero-order valence-electron chi connectivity index (χ0n) is 17.3. The number of methoxy groups -OCH3 is 1. The van der Waals surface area contributed by atoms with Crippen LogP contribution in [0.3, 0.4) is 0 Å². The first-order valence-corrected chi connectivity index (χ1v) is 10.5. The van der Waals surface area contributed by atoms with Gasteiger partial charge in [-0.25, -0.2) is 4.98 Å². The fraction of sp³-hybridized carbons (Fsp3) is 0.208. The van der Waals surface area contributed by atoms with E-state index >= 15 is 0 Å². The molecule has 5 nitrogen and oxygen atoms in total. The number of furan rings is 1. The van der Waals surface area contributed by atoms with Gasteiger partial charge in [0.05, 0.1) is 17.2 Å². The van der Waals surface area contributed by atoms with Crippen molar-refractivity contribution in [1.29, 1.82) is 0 Å². The Labute approximate surface area is 190 Å². The van der Waals surface area contributed by atoms with Gasteiger partial charge in [0.1, 0.15) is 5.76 Å². The summed E-state index contributed by atoms with van der Waals surface area (Å²) < 4.78 is 11.5. The maximum Gasteiger partial charge on any atom is 0.258 e. The van der Waals surface area contributed by atoms with Gasteiger partial charge in [-0.05, 0) is 17.5 Å². The number of nitrogens with zero attached hydrogens (tertiary/aromatic N) is 2. The predicted octanol–water partition coefficient (Wildman–Crippen LogP) is 6.75. The Bertz CT molecular complexity index is 1260. The molecule has 31 heavy (non-hydrogen) atoms. The van der Waals surface area contributed by atoms with E-state index in [9.17, 15) is 4.79 Å². The van der Waals surface area contributed by atoms with Crippen molar-refractivity contribution in [3.05, 3.63) is 75.7 Å². The molecule has 1 aromatic carbocycles. The molecular formula is C24H20Cl2N2O3. The van der Waals surface area contributed by atoms with Crippen LogP contribution in [-0.4, -0.2) is 22.9 Å². The van der Waals surface area contributed by atoms with Crippen LogP contribution in [0.4, 0.5) is 0 Å². The molecule has 0 aliphatic heterocycles. The van der Waals surface area contributed by atoms with Gasteiger partial charge in [0.15, 0.2) is 11.4 Å². The molecule has 0 unspecified atom stereocenters. The van der Waals surface area contributed by atoms with Gasteiger partial charge in [0.25, 0.3) is 5.88 Å². The zero-order valence-corrected chi connectivity index (χ0v) is 18.8. The van der Waals surface area contributed by atoms with Crippen LogP contribution in [0.2, 0.25) is 10.0 Å². The van der Waals surface area contributed by atoms with Gasteiger partial charge in [-0.2, -0.15) is 0 Å². The molecule has 158 valence electrons. The number of pyridine rings is 2. The number of carbonyl (C=O) groups is 1. The van der Waals surface area contributed by atoms with Crippen LogP contribution in [0.1, 0.15) is 41.3 Å². The van der Waals surface area contributed by atoms with Gasteiger partial charge in [0, 0.05) is 47.1 Å². The van der Waals surface area contributed by atoms with Crippen molar-refractivity contribution in [3.8, 4) is 17.2 Å². The molecule has 0 aliphatic rings. The highest BCUT2D eigenvalue weighted by Gasteiger charge is 2.22. The molecule has 0 saturated carbocycles. The highest BCUT2D eigenvalue weighted by molar-refractivity contribution is 6.36. The largest absolute Gasteiger partial charge is 0.478 e. The van der Waals surface area contributed by atoms with Crippen molar-refractivity contribution in [2.45, 2.75) is 26.2 Å². The van der Waals surface area contributed by atoms with Crippen LogP contribution < -0.4 is 4.74 Å². The number of Topliss-reactive ketones (excluding diaryl/α,β-unsaturated/α-hetero) is 1. The second-order valence-electron chi connectivity index (χ2n) is 7.46. The summed E-state index contributed by atoms with van der Waals surface area (Å²) in [5, 5.41) is 1.32. The first kappa shape index (κ1) is 21.3. The van der Waals surface area contributed by atoms with Crippen LogP contribution in [0.15, 0.2) is 53.3 Å². The zero-order chi connectivity index (χ0) is 22.1. The minimum atomic E-state index is -0.181. The van der Waals surface area contributed by atoms with Gasteiger partial charge in [0.2, 0.25) is 0 Å². The Hall–Kier alpha value is -2.89. The number of aromatic nitrogens is 2. The van der Waals surface area contributed by atoms with E-state index in [1.165, 1.54) is 25.7 Å². The quantitative estimate of drug-likeness (QED) is 0.301. The first-order valence-electron chi connectivity index (χ1n) is 9.77. The van der Waals surface area contributed by atoms with E-state index in [1.54, 1.807) is 0 Å².